The summed E-state index contributed by atoms with van der Waals surface area (Å²) in [6.45, 7) is 51.6. The molecule has 16 rings (SSSR count). The topological polar surface area (TPSA) is 228 Å². The third kappa shape index (κ3) is 22.5. The van der Waals surface area contributed by atoms with E-state index in [1.54, 1.807) is 102 Å². The number of fused-ring (bicyclic) bond motifs is 8. The molecule has 15 aromatic rings. The molecule has 1 aliphatic rings. The first-order valence-electron chi connectivity index (χ1n) is 43.2. The van der Waals surface area contributed by atoms with Gasteiger partial charge in [0.05, 0.1) is 21.8 Å². The minimum Gasteiger partial charge on any atom is -0.318 e. The van der Waals surface area contributed by atoms with Crippen molar-refractivity contribution < 1.29 is 0 Å². The molecule has 12 heterocycles. The molecule has 0 saturated carbocycles. The van der Waals surface area contributed by atoms with E-state index in [0.29, 0.717) is 21.8 Å². The maximum Gasteiger partial charge on any atom is 0.276 e. The lowest BCUT2D eigenvalue weighted by molar-refractivity contribution is 0.578. The Morgan fingerprint density at radius 2 is 0.409 bits per heavy atom. The van der Waals surface area contributed by atoms with E-state index in [2.05, 4.69) is 198 Å². The largest absolute Gasteiger partial charge is 0.318 e. The highest BCUT2D eigenvalue weighted by Gasteiger charge is 2.28. The van der Waals surface area contributed by atoms with E-state index < -0.39 is 0 Å². The molecule has 1 aliphatic carbocycles. The Kier molecular flexibility index (Phi) is 29.3. The Morgan fingerprint density at radius 1 is 0.213 bits per heavy atom. The molecule has 0 atom stereocenters. The number of aryl methyl sites for hydroxylation is 8. The van der Waals surface area contributed by atoms with Crippen LogP contribution >= 0.6 is 0 Å². The van der Waals surface area contributed by atoms with Gasteiger partial charge in [-0.25, -0.2) is 0 Å². The van der Waals surface area contributed by atoms with Crippen LogP contribution in [0.4, 0.5) is 0 Å². The molecule has 20 heteroatoms. The van der Waals surface area contributed by atoms with Gasteiger partial charge in [0.25, 0.3) is 44.5 Å². The summed E-state index contributed by atoms with van der Waals surface area (Å²) in [5.41, 5.74) is 14.8. The lowest BCUT2D eigenvalue weighted by Gasteiger charge is -2.23. The maximum atomic E-state index is 12.0. The summed E-state index contributed by atoms with van der Waals surface area (Å²) in [7, 11) is 14.4. The van der Waals surface area contributed by atoms with Gasteiger partial charge >= 0.3 is 0 Å². The number of nitrogens with zero attached hydrogens (tertiary/aromatic N) is 12. The van der Waals surface area contributed by atoms with Crippen LogP contribution in [-0.4, -0.2) is 56.5 Å². The third-order valence-corrected chi connectivity index (χ3v) is 22.6. The smallest absolute Gasteiger partial charge is 0.276 e. The zero-order valence-corrected chi connectivity index (χ0v) is 81.0. The van der Waals surface area contributed by atoms with Crippen molar-refractivity contribution in [3.8, 4) is 0 Å². The van der Waals surface area contributed by atoms with E-state index in [1.165, 1.54) is 22.3 Å². The van der Waals surface area contributed by atoms with Crippen LogP contribution in [-0.2, 0) is 106 Å². The molecule has 127 heavy (non-hydrogen) atoms. The van der Waals surface area contributed by atoms with Gasteiger partial charge in [0, 0.05) is 174 Å². The Hall–Kier alpha value is -12.6. The van der Waals surface area contributed by atoms with Crippen LogP contribution in [0.1, 0.15) is 222 Å². The second kappa shape index (κ2) is 37.9. The predicted octanol–water partition coefficient (Wildman–Crippen LogP) is 19.7. The van der Waals surface area contributed by atoms with E-state index in [1.807, 2.05) is 187 Å². The highest BCUT2D eigenvalue weighted by Crippen LogP contribution is 2.36. The molecule has 0 radical (unpaired) electrons. The van der Waals surface area contributed by atoms with Crippen molar-refractivity contribution in [3.05, 3.63) is 340 Å². The van der Waals surface area contributed by atoms with Crippen molar-refractivity contribution in [2.24, 2.45) is 56.4 Å². The number of aromatic nitrogens is 12. The average Bonchev–Trinajstić information content (AvgIpc) is 1.71. The Bertz CT molecular complexity index is 6110. The molecular weight excluding hydrogens is 1580 g/mol. The van der Waals surface area contributed by atoms with E-state index in [4.69, 9.17) is 0 Å². The quantitative estimate of drug-likeness (QED) is 0.138. The van der Waals surface area contributed by atoms with E-state index in [0.717, 1.165) is 93.9 Å². The number of pyridine rings is 12. The number of rotatable bonds is 0. The number of allylic oxidation sites excluding steroid dienone is 1. The second-order valence-corrected chi connectivity index (χ2v) is 41.4. The van der Waals surface area contributed by atoms with Crippen LogP contribution < -0.4 is 44.5 Å². The summed E-state index contributed by atoms with van der Waals surface area (Å²) in [6.07, 6.45) is 27.1. The number of hydrogen-bond acceptors (Lipinski definition) is 12. The van der Waals surface area contributed by atoms with Crippen molar-refractivity contribution in [2.45, 2.75) is 216 Å². The highest BCUT2D eigenvalue weighted by molar-refractivity contribution is 5.89. The molecule has 0 spiro atoms. The van der Waals surface area contributed by atoms with E-state index in [9.17, 15) is 38.4 Å². The van der Waals surface area contributed by atoms with Crippen molar-refractivity contribution in [1.29, 1.82) is 0 Å². The highest BCUT2D eigenvalue weighted by atomic mass is 16.2. The van der Waals surface area contributed by atoms with Crippen LogP contribution in [0, 0.1) is 0 Å². The summed E-state index contributed by atoms with van der Waals surface area (Å²) in [6, 6.07) is 38.4. The molecular formula is C107H132N12O8. The van der Waals surface area contributed by atoms with Gasteiger partial charge in [0.15, 0.2) is 0 Å². The summed E-state index contributed by atoms with van der Waals surface area (Å²) in [4.78, 5) is 112. The van der Waals surface area contributed by atoms with E-state index in [-0.39, 0.29) is 87.8 Å². The van der Waals surface area contributed by atoms with Crippen LogP contribution in [0.15, 0.2) is 240 Å². The molecule has 3 aromatic carbocycles. The minimum atomic E-state index is -0.0383. The average molecular weight is 1710 g/mol. The summed E-state index contributed by atoms with van der Waals surface area (Å²) in [5, 5.41) is 8.91. The Morgan fingerprint density at radius 3 is 0.677 bits per heavy atom. The molecule has 20 nitrogen and oxygen atoms in total. The van der Waals surface area contributed by atoms with Crippen LogP contribution in [0.2, 0.25) is 0 Å². The number of hydrogen-bond donors (Lipinski definition) is 0. The van der Waals surface area contributed by atoms with Gasteiger partial charge in [-0.2, -0.15) is 0 Å². The fourth-order valence-corrected chi connectivity index (χ4v) is 15.6. The Labute approximate surface area is 746 Å². The molecule has 0 fully saturated rings. The first kappa shape index (κ1) is 98.2. The van der Waals surface area contributed by atoms with E-state index >= 15 is 0 Å². The molecule has 0 N–H and O–H groups in total. The molecule has 0 aliphatic heterocycles. The lowest BCUT2D eigenvalue weighted by Crippen LogP contribution is -2.25. The Balaban J connectivity index is 0.000000164. The fraction of sp³-hybridized carbons (Fsp3) is 0.383. The predicted molar refractivity (Wildman–Crippen MR) is 530 cm³/mol. The monoisotopic (exact) mass is 1710 g/mol. The van der Waals surface area contributed by atoms with Crippen molar-refractivity contribution in [1.82, 2.24) is 56.5 Å². The van der Waals surface area contributed by atoms with Gasteiger partial charge in [-0.05, 0) is 159 Å². The second-order valence-electron chi connectivity index (χ2n) is 41.4. The van der Waals surface area contributed by atoms with Gasteiger partial charge in [-0.3, -0.25) is 58.3 Å². The summed E-state index contributed by atoms with van der Waals surface area (Å²) in [5.74, 6) is 0. The van der Waals surface area contributed by atoms with Crippen LogP contribution in [0.3, 0.4) is 0 Å². The molecule has 668 valence electrons. The summed E-state index contributed by atoms with van der Waals surface area (Å²) >= 11 is 0. The zero-order valence-electron chi connectivity index (χ0n) is 81.0. The van der Waals surface area contributed by atoms with Gasteiger partial charge < -0.3 is 36.5 Å². The molecule has 0 saturated heterocycles. The van der Waals surface area contributed by atoms with Gasteiger partial charge in [-0.1, -0.05) is 245 Å². The first-order valence-corrected chi connectivity index (χ1v) is 43.2. The van der Waals surface area contributed by atoms with Gasteiger partial charge in [-0.15, -0.1) is 0 Å². The fourth-order valence-electron chi connectivity index (χ4n) is 15.6. The molecule has 0 unspecified atom stereocenters. The number of benzene rings is 3. The van der Waals surface area contributed by atoms with Gasteiger partial charge in [0.2, 0.25) is 0 Å². The van der Waals surface area contributed by atoms with Gasteiger partial charge in [0.1, 0.15) is 11.0 Å². The first-order chi connectivity index (χ1) is 58.8. The minimum absolute atomic E-state index is 0.00669. The molecule has 0 bridgehead atoms. The van der Waals surface area contributed by atoms with Crippen molar-refractivity contribution in [3.63, 3.8) is 0 Å². The normalized spacial score (nSPS) is 12.3. The SMILES string of the molecule is Cn1cc(C(C)(C)C)c2c(c1=O)CC=C2.Cn1cc(C(C)(C)C)c2ccccc2c1=O.Cn1cc(C(C)(C)C)c2ccccc2c1=O.Cn1cc(C(C)(C)C)c2ccccc2c1=O.Cn1cc(C(C)(C)C)c2cccnc2c1=O.Cn1cc(C(C)(C)C)c2cccnc2c1=O.Cn1cc(C(C)(C)C)c2ncccc2c1=O.Cn1cc(C(C)(C)C)c2ncccc2c1=O. The zero-order chi connectivity index (χ0) is 94.7. The lowest BCUT2D eigenvalue weighted by atomic mass is 9.84. The van der Waals surface area contributed by atoms with Crippen LogP contribution in [0.5, 0.6) is 0 Å². The molecule has 0 amide bonds. The van der Waals surface area contributed by atoms with Crippen molar-refractivity contribution in [2.75, 3.05) is 0 Å². The van der Waals surface area contributed by atoms with Crippen molar-refractivity contribution >= 4 is 82.0 Å². The third-order valence-electron chi connectivity index (χ3n) is 22.6. The molecule has 12 aromatic heterocycles. The standard InChI is InChI=1S/3C14H17NO.4C13H16N2O.C13H17NO/c3*1-14(2,3)12-9-15(4)13(16)11-8-6-5-7-10(11)12;2*1-13(2,3)10-8-15(4)12(16)9-6-5-7-14-11(9)10;2*1-13(2,3)10-8-15(4)12(16)11-9(10)6-5-7-14-11;1-13(2,3)11-8-14(4)12(15)10-7-5-6-9(10)11/h3*5-9H,1-4H3;4*5-8H,1-4H3;5-6,8H,7H2,1-4H3. The maximum absolute atomic E-state index is 12.0. The summed E-state index contributed by atoms with van der Waals surface area (Å²) < 4.78 is 13.2. The van der Waals surface area contributed by atoms with Crippen LogP contribution in [0.25, 0.3) is 82.0 Å².